The van der Waals surface area contributed by atoms with Gasteiger partial charge in [-0.3, -0.25) is 4.79 Å². The summed E-state index contributed by atoms with van der Waals surface area (Å²) in [5.74, 6) is 1.92. The Bertz CT molecular complexity index is 1200. The van der Waals surface area contributed by atoms with E-state index in [1.165, 1.54) is 41.9 Å². The Kier molecular flexibility index (Phi) is 6.23. The molecule has 0 aliphatic carbocycles. The molecule has 5 rings (SSSR count). The number of carbonyl (C=O) groups excluding carboxylic acids is 1. The van der Waals surface area contributed by atoms with E-state index in [1.54, 1.807) is 0 Å². The summed E-state index contributed by atoms with van der Waals surface area (Å²) in [6.45, 7) is 14.0. The molecule has 1 aromatic carbocycles. The van der Waals surface area contributed by atoms with Gasteiger partial charge < -0.3 is 14.7 Å². The van der Waals surface area contributed by atoms with Gasteiger partial charge in [-0.15, -0.1) is 11.3 Å². The number of hydrogen-bond donors (Lipinski definition) is 0. The summed E-state index contributed by atoms with van der Waals surface area (Å²) >= 11 is 1.54. The second-order valence-corrected chi connectivity index (χ2v) is 11.0. The molecule has 0 unspecified atom stereocenters. The van der Waals surface area contributed by atoms with Crippen molar-refractivity contribution in [3.05, 3.63) is 46.1 Å². The normalized spacial score (nSPS) is 21.4. The van der Waals surface area contributed by atoms with Crippen LogP contribution in [-0.4, -0.2) is 59.0 Å². The van der Waals surface area contributed by atoms with Crippen LogP contribution in [0.3, 0.4) is 0 Å². The molecule has 6 nitrogen and oxygen atoms in total. The topological polar surface area (TPSA) is 52.6 Å². The minimum Gasteiger partial charge on any atom is -0.365 e. The van der Waals surface area contributed by atoms with E-state index in [0.717, 1.165) is 58.5 Å². The summed E-state index contributed by atoms with van der Waals surface area (Å²) in [6.07, 6.45) is 3.64. The van der Waals surface area contributed by atoms with Crippen molar-refractivity contribution in [1.29, 1.82) is 0 Å². The van der Waals surface area contributed by atoms with Gasteiger partial charge in [0.2, 0.25) is 0 Å². The molecule has 3 aromatic rings. The van der Waals surface area contributed by atoms with Crippen LogP contribution in [-0.2, 0) is 0 Å². The fourth-order valence-electron chi connectivity index (χ4n) is 5.45. The average Bonchev–Trinajstić information content (AvgIpc) is 3.15. The van der Waals surface area contributed by atoms with Crippen LogP contribution in [0.25, 0.3) is 10.2 Å². The van der Waals surface area contributed by atoms with Crippen LogP contribution in [0.4, 0.5) is 11.5 Å². The summed E-state index contributed by atoms with van der Waals surface area (Å²) < 4.78 is 0. The number of thiophene rings is 1. The molecule has 1 amide bonds. The molecule has 2 saturated heterocycles. The molecular weight excluding hydrogens is 442 g/mol. The third-order valence-electron chi connectivity index (χ3n) is 7.43. The predicted molar refractivity (Wildman–Crippen MR) is 141 cm³/mol. The molecule has 0 radical (unpaired) electrons. The first kappa shape index (κ1) is 23.1. The summed E-state index contributed by atoms with van der Waals surface area (Å²) in [5.41, 5.74) is 3.53. The number of rotatable bonds is 3. The number of aromatic nitrogens is 2. The van der Waals surface area contributed by atoms with E-state index >= 15 is 0 Å². The monoisotopic (exact) mass is 477 g/mol. The lowest BCUT2D eigenvalue weighted by atomic mass is 10.0. The minimum atomic E-state index is 0.131. The van der Waals surface area contributed by atoms with Crippen molar-refractivity contribution in [1.82, 2.24) is 14.9 Å². The average molecular weight is 478 g/mol. The second kappa shape index (κ2) is 9.17. The van der Waals surface area contributed by atoms with E-state index in [2.05, 4.69) is 61.8 Å². The van der Waals surface area contributed by atoms with Crippen LogP contribution in [0.2, 0.25) is 0 Å². The number of carbonyl (C=O) groups is 1. The van der Waals surface area contributed by atoms with Crippen LogP contribution in [0, 0.1) is 20.8 Å². The van der Waals surface area contributed by atoms with Crippen molar-refractivity contribution in [3.8, 4) is 0 Å². The summed E-state index contributed by atoms with van der Waals surface area (Å²) in [5, 5.41) is 1.07. The molecule has 0 saturated carbocycles. The molecule has 0 N–H and O–H groups in total. The Labute approximate surface area is 206 Å². The van der Waals surface area contributed by atoms with Gasteiger partial charge in [-0.1, -0.05) is 17.7 Å². The fraction of sp³-hybridized carbons (Fsp3) is 0.519. The second-order valence-electron chi connectivity index (χ2n) is 10.00. The molecular formula is C27H35N5OS. The standard InChI is InChI=1S/C27H35N5OS/c1-17-9-11-22(12-10-17)31-15-14-30(16-19(31)3)27(33)24-20(4)23-25(28-21(5)29-26(23)34-24)32-13-7-6-8-18(32)2/h9-12,18-19H,6-8,13-16H2,1-5H3/t18-,19+/m1/s1. The first-order valence-electron chi connectivity index (χ1n) is 12.5. The lowest BCUT2D eigenvalue weighted by molar-refractivity contribution is 0.0730. The van der Waals surface area contributed by atoms with Gasteiger partial charge in [-0.2, -0.15) is 0 Å². The van der Waals surface area contributed by atoms with Crippen molar-refractivity contribution in [3.63, 3.8) is 0 Å². The number of aryl methyl sites for hydroxylation is 3. The van der Waals surface area contributed by atoms with Gasteiger partial charge in [-0.05, 0) is 71.6 Å². The van der Waals surface area contributed by atoms with Crippen LogP contribution >= 0.6 is 11.3 Å². The quantitative estimate of drug-likeness (QED) is 0.509. The van der Waals surface area contributed by atoms with Crippen LogP contribution in [0.15, 0.2) is 24.3 Å². The number of hydrogen-bond acceptors (Lipinski definition) is 6. The first-order chi connectivity index (χ1) is 16.3. The lowest BCUT2D eigenvalue weighted by Gasteiger charge is -2.41. The minimum absolute atomic E-state index is 0.131. The van der Waals surface area contributed by atoms with Crippen molar-refractivity contribution in [2.24, 2.45) is 0 Å². The van der Waals surface area contributed by atoms with Gasteiger partial charge in [0, 0.05) is 44.0 Å². The molecule has 2 aromatic heterocycles. The Morgan fingerprint density at radius 2 is 1.71 bits per heavy atom. The van der Waals surface area contributed by atoms with Gasteiger partial charge >= 0.3 is 0 Å². The maximum absolute atomic E-state index is 13.7. The molecule has 7 heteroatoms. The molecule has 2 aliphatic rings. The van der Waals surface area contributed by atoms with E-state index in [0.29, 0.717) is 6.04 Å². The lowest BCUT2D eigenvalue weighted by Crippen LogP contribution is -2.53. The van der Waals surface area contributed by atoms with Gasteiger partial charge in [-0.25, -0.2) is 9.97 Å². The Balaban J connectivity index is 1.42. The molecule has 4 heterocycles. The Hall–Kier alpha value is -2.67. The van der Waals surface area contributed by atoms with Crippen LogP contribution < -0.4 is 9.80 Å². The zero-order valence-corrected chi connectivity index (χ0v) is 21.8. The number of piperidine rings is 1. The maximum Gasteiger partial charge on any atom is 0.264 e. The van der Waals surface area contributed by atoms with E-state index in [4.69, 9.17) is 9.97 Å². The van der Waals surface area contributed by atoms with E-state index in [1.807, 2.05) is 11.8 Å². The highest BCUT2D eigenvalue weighted by Crippen LogP contribution is 2.38. The van der Waals surface area contributed by atoms with Crippen LogP contribution in [0.1, 0.15) is 59.7 Å². The van der Waals surface area contributed by atoms with Crippen molar-refractivity contribution in [2.75, 3.05) is 36.0 Å². The molecule has 0 bridgehead atoms. The van der Waals surface area contributed by atoms with Crippen molar-refractivity contribution in [2.45, 2.75) is 66.0 Å². The highest BCUT2D eigenvalue weighted by molar-refractivity contribution is 7.20. The smallest absolute Gasteiger partial charge is 0.264 e. The highest BCUT2D eigenvalue weighted by Gasteiger charge is 2.31. The van der Waals surface area contributed by atoms with Gasteiger partial charge in [0.05, 0.1) is 10.3 Å². The molecule has 2 fully saturated rings. The number of amides is 1. The molecule has 34 heavy (non-hydrogen) atoms. The maximum atomic E-state index is 13.7. The largest absolute Gasteiger partial charge is 0.365 e. The number of benzene rings is 1. The zero-order valence-electron chi connectivity index (χ0n) is 21.0. The van der Waals surface area contributed by atoms with Crippen molar-refractivity contribution >= 4 is 39.0 Å². The van der Waals surface area contributed by atoms with Gasteiger partial charge in [0.15, 0.2) is 0 Å². The molecule has 2 atom stereocenters. The summed E-state index contributed by atoms with van der Waals surface area (Å²) in [4.78, 5) is 31.9. The van der Waals surface area contributed by atoms with E-state index in [9.17, 15) is 4.79 Å². The van der Waals surface area contributed by atoms with E-state index in [-0.39, 0.29) is 11.9 Å². The third kappa shape index (κ3) is 4.15. The van der Waals surface area contributed by atoms with Crippen molar-refractivity contribution < 1.29 is 4.79 Å². The molecule has 0 spiro atoms. The Morgan fingerprint density at radius 1 is 0.941 bits per heavy atom. The van der Waals surface area contributed by atoms with Gasteiger partial charge in [0.25, 0.3) is 5.91 Å². The number of nitrogens with zero attached hydrogens (tertiary/aromatic N) is 5. The number of piperazine rings is 1. The van der Waals surface area contributed by atoms with Crippen LogP contribution in [0.5, 0.6) is 0 Å². The molecule has 2 aliphatic heterocycles. The zero-order chi connectivity index (χ0) is 24.0. The summed E-state index contributed by atoms with van der Waals surface area (Å²) in [6, 6.07) is 9.41. The highest BCUT2D eigenvalue weighted by atomic mass is 32.1. The summed E-state index contributed by atoms with van der Waals surface area (Å²) in [7, 11) is 0. The predicted octanol–water partition coefficient (Wildman–Crippen LogP) is 5.35. The van der Waals surface area contributed by atoms with Gasteiger partial charge in [0.1, 0.15) is 16.5 Å². The first-order valence-corrected chi connectivity index (χ1v) is 13.3. The fourth-order valence-corrected chi connectivity index (χ4v) is 6.64. The number of fused-ring (bicyclic) bond motifs is 1. The number of anilines is 2. The SMILES string of the molecule is Cc1ccc(N2CCN(C(=O)c3sc4nc(C)nc(N5CCCC[C@H]5C)c4c3C)C[C@@H]2C)cc1. The third-order valence-corrected chi connectivity index (χ3v) is 8.61. The molecule has 180 valence electrons. The van der Waals surface area contributed by atoms with E-state index < -0.39 is 0 Å². The Morgan fingerprint density at radius 3 is 2.41 bits per heavy atom.